The maximum absolute atomic E-state index is 6.05. The lowest BCUT2D eigenvalue weighted by Gasteiger charge is -2.19. The Labute approximate surface area is 113 Å². The number of hydrogen-bond acceptors (Lipinski definition) is 3. The highest BCUT2D eigenvalue weighted by atomic mass is 16.5. The number of methoxy groups -OCH3 is 1. The highest BCUT2D eigenvalue weighted by Crippen LogP contribution is 2.26. The molecule has 0 radical (unpaired) electrons. The lowest BCUT2D eigenvalue weighted by molar-refractivity contribution is 0.414. The first kappa shape index (κ1) is 12.2. The van der Waals surface area contributed by atoms with Gasteiger partial charge in [-0.2, -0.15) is 5.10 Å². The van der Waals surface area contributed by atoms with E-state index < -0.39 is 0 Å². The predicted octanol–water partition coefficient (Wildman–Crippen LogP) is 2.01. The molecule has 1 heterocycles. The molecule has 0 aliphatic heterocycles. The van der Waals surface area contributed by atoms with Crippen LogP contribution in [0.5, 0.6) is 5.75 Å². The number of aryl methyl sites for hydroxylation is 1. The molecule has 2 aromatic rings. The maximum atomic E-state index is 6.05. The maximum Gasteiger partial charge on any atom is 0.119 e. The molecule has 1 aromatic carbocycles. The van der Waals surface area contributed by atoms with Crippen LogP contribution in [0.4, 0.5) is 0 Å². The zero-order valence-corrected chi connectivity index (χ0v) is 11.4. The Morgan fingerprint density at radius 2 is 2.05 bits per heavy atom. The standard InChI is InChI=1S/C15H19N3O/c1-10-14-9-11(16)3-8-15(14)18(17-10)12-4-6-13(19-2)7-5-12/h4-7,11H,3,8-9,16H2,1-2H3. The molecular formula is C15H19N3O. The SMILES string of the molecule is COc1ccc(-n2nc(C)c3c2CCC(N)C3)cc1. The van der Waals surface area contributed by atoms with Gasteiger partial charge >= 0.3 is 0 Å². The lowest BCUT2D eigenvalue weighted by Crippen LogP contribution is -2.28. The molecule has 1 unspecified atom stereocenters. The van der Waals surface area contributed by atoms with Crippen molar-refractivity contribution >= 4 is 0 Å². The molecule has 0 saturated carbocycles. The summed E-state index contributed by atoms with van der Waals surface area (Å²) in [4.78, 5) is 0. The van der Waals surface area contributed by atoms with E-state index in [1.165, 1.54) is 11.3 Å². The lowest BCUT2D eigenvalue weighted by atomic mass is 9.92. The van der Waals surface area contributed by atoms with E-state index in [2.05, 4.69) is 16.7 Å². The van der Waals surface area contributed by atoms with Gasteiger partial charge in [-0.15, -0.1) is 0 Å². The van der Waals surface area contributed by atoms with E-state index in [1.54, 1.807) is 7.11 Å². The van der Waals surface area contributed by atoms with E-state index in [4.69, 9.17) is 10.5 Å². The van der Waals surface area contributed by atoms with E-state index >= 15 is 0 Å². The minimum Gasteiger partial charge on any atom is -0.497 e. The summed E-state index contributed by atoms with van der Waals surface area (Å²) in [6.45, 7) is 2.07. The summed E-state index contributed by atoms with van der Waals surface area (Å²) in [5, 5.41) is 4.67. The van der Waals surface area contributed by atoms with Gasteiger partial charge in [-0.05, 0) is 56.0 Å². The summed E-state index contributed by atoms with van der Waals surface area (Å²) in [7, 11) is 1.68. The number of ether oxygens (including phenoxy) is 1. The number of nitrogens with two attached hydrogens (primary N) is 1. The molecule has 0 saturated heterocycles. The van der Waals surface area contributed by atoms with E-state index in [-0.39, 0.29) is 6.04 Å². The highest BCUT2D eigenvalue weighted by molar-refractivity contribution is 5.41. The minimum absolute atomic E-state index is 0.278. The topological polar surface area (TPSA) is 53.1 Å². The first-order valence-corrected chi connectivity index (χ1v) is 6.66. The Balaban J connectivity index is 2.03. The van der Waals surface area contributed by atoms with Crippen LogP contribution in [0.1, 0.15) is 23.4 Å². The van der Waals surface area contributed by atoms with Crippen molar-refractivity contribution in [3.05, 3.63) is 41.2 Å². The van der Waals surface area contributed by atoms with Crippen LogP contribution < -0.4 is 10.5 Å². The fourth-order valence-electron chi connectivity index (χ4n) is 2.75. The average molecular weight is 257 g/mol. The van der Waals surface area contributed by atoms with Gasteiger partial charge in [0.1, 0.15) is 5.75 Å². The molecule has 4 nitrogen and oxygen atoms in total. The second kappa shape index (κ2) is 4.70. The zero-order chi connectivity index (χ0) is 13.4. The molecule has 4 heteroatoms. The Morgan fingerprint density at radius 1 is 1.32 bits per heavy atom. The Bertz CT molecular complexity index is 586. The van der Waals surface area contributed by atoms with Gasteiger partial charge in [0, 0.05) is 11.7 Å². The fraction of sp³-hybridized carbons (Fsp3) is 0.400. The second-order valence-corrected chi connectivity index (χ2v) is 5.12. The zero-order valence-electron chi connectivity index (χ0n) is 11.4. The van der Waals surface area contributed by atoms with Crippen LogP contribution >= 0.6 is 0 Å². The smallest absolute Gasteiger partial charge is 0.119 e. The van der Waals surface area contributed by atoms with E-state index in [0.29, 0.717) is 0 Å². The molecule has 0 amide bonds. The molecule has 1 aromatic heterocycles. The second-order valence-electron chi connectivity index (χ2n) is 5.12. The molecule has 0 fully saturated rings. The predicted molar refractivity (Wildman–Crippen MR) is 74.9 cm³/mol. The molecule has 19 heavy (non-hydrogen) atoms. The molecule has 1 atom stereocenters. The number of benzene rings is 1. The monoisotopic (exact) mass is 257 g/mol. The van der Waals surface area contributed by atoms with Crippen molar-refractivity contribution in [3.8, 4) is 11.4 Å². The summed E-state index contributed by atoms with van der Waals surface area (Å²) in [6.07, 6.45) is 2.98. The molecule has 1 aliphatic carbocycles. The molecule has 0 spiro atoms. The van der Waals surface area contributed by atoms with E-state index in [0.717, 1.165) is 36.4 Å². The normalized spacial score (nSPS) is 18.2. The van der Waals surface area contributed by atoms with Crippen molar-refractivity contribution in [3.63, 3.8) is 0 Å². The largest absolute Gasteiger partial charge is 0.497 e. The summed E-state index contributed by atoms with van der Waals surface area (Å²) >= 11 is 0. The average Bonchev–Trinajstić information content (AvgIpc) is 2.76. The molecule has 100 valence electrons. The number of nitrogens with zero attached hydrogens (tertiary/aromatic N) is 2. The van der Waals surface area contributed by atoms with Gasteiger partial charge in [-0.1, -0.05) is 0 Å². The van der Waals surface area contributed by atoms with Gasteiger partial charge < -0.3 is 10.5 Å². The van der Waals surface area contributed by atoms with E-state index in [1.807, 2.05) is 24.3 Å². The Kier molecular flexibility index (Phi) is 3.03. The van der Waals surface area contributed by atoms with Crippen LogP contribution in [0.3, 0.4) is 0 Å². The number of aromatic nitrogens is 2. The van der Waals surface area contributed by atoms with Crippen LogP contribution in [0.25, 0.3) is 5.69 Å². The quantitative estimate of drug-likeness (QED) is 0.895. The Morgan fingerprint density at radius 3 is 2.74 bits per heavy atom. The van der Waals surface area contributed by atoms with Crippen molar-refractivity contribution in [1.82, 2.24) is 9.78 Å². The van der Waals surface area contributed by atoms with E-state index in [9.17, 15) is 0 Å². The van der Waals surface area contributed by atoms with Crippen LogP contribution in [0.15, 0.2) is 24.3 Å². The van der Waals surface area contributed by atoms with Gasteiger partial charge in [0.25, 0.3) is 0 Å². The van der Waals surface area contributed by atoms with Crippen LogP contribution in [-0.4, -0.2) is 22.9 Å². The third-order valence-corrected chi connectivity index (χ3v) is 3.83. The molecule has 0 bridgehead atoms. The summed E-state index contributed by atoms with van der Waals surface area (Å²) < 4.78 is 7.24. The van der Waals surface area contributed by atoms with Gasteiger partial charge in [0.05, 0.1) is 18.5 Å². The van der Waals surface area contributed by atoms with Gasteiger partial charge in [-0.3, -0.25) is 0 Å². The molecular weight excluding hydrogens is 238 g/mol. The third kappa shape index (κ3) is 2.12. The first-order valence-electron chi connectivity index (χ1n) is 6.66. The summed E-state index contributed by atoms with van der Waals surface area (Å²) in [6, 6.07) is 8.29. The molecule has 2 N–H and O–H groups in total. The van der Waals surface area contributed by atoms with Crippen molar-refractivity contribution in [2.75, 3.05) is 7.11 Å². The third-order valence-electron chi connectivity index (χ3n) is 3.83. The molecule has 1 aliphatic rings. The van der Waals surface area contributed by atoms with Crippen molar-refractivity contribution in [1.29, 1.82) is 0 Å². The fourth-order valence-corrected chi connectivity index (χ4v) is 2.75. The van der Waals surface area contributed by atoms with Crippen molar-refractivity contribution in [2.24, 2.45) is 5.73 Å². The van der Waals surface area contributed by atoms with Gasteiger partial charge in [0.2, 0.25) is 0 Å². The first-order chi connectivity index (χ1) is 9.19. The Hall–Kier alpha value is -1.81. The van der Waals surface area contributed by atoms with Crippen molar-refractivity contribution in [2.45, 2.75) is 32.2 Å². The van der Waals surface area contributed by atoms with Crippen molar-refractivity contribution < 1.29 is 4.74 Å². The van der Waals surface area contributed by atoms with Gasteiger partial charge in [0.15, 0.2) is 0 Å². The van der Waals surface area contributed by atoms with Crippen LogP contribution in [0.2, 0.25) is 0 Å². The summed E-state index contributed by atoms with van der Waals surface area (Å²) in [5.41, 5.74) is 10.9. The van der Waals surface area contributed by atoms with Gasteiger partial charge in [-0.25, -0.2) is 4.68 Å². The highest BCUT2D eigenvalue weighted by Gasteiger charge is 2.23. The van der Waals surface area contributed by atoms with Crippen LogP contribution in [0, 0.1) is 6.92 Å². The van der Waals surface area contributed by atoms with Crippen LogP contribution in [-0.2, 0) is 12.8 Å². The number of hydrogen-bond donors (Lipinski definition) is 1. The summed E-state index contributed by atoms with van der Waals surface area (Å²) in [5.74, 6) is 0.864. The number of rotatable bonds is 2. The molecule has 3 rings (SSSR count). The number of fused-ring (bicyclic) bond motifs is 1. The minimum atomic E-state index is 0.278.